The molecule has 202 valence electrons. The van der Waals surface area contributed by atoms with Gasteiger partial charge in [-0.05, 0) is 49.4 Å². The first-order chi connectivity index (χ1) is 17.7. The number of amides is 2. The lowest BCUT2D eigenvalue weighted by molar-refractivity contribution is -0.141. The number of sulfonamides is 1. The minimum absolute atomic E-state index is 0.115. The van der Waals surface area contributed by atoms with Crippen molar-refractivity contribution < 1.29 is 18.0 Å². The predicted octanol–water partition coefficient (Wildman–Crippen LogP) is 5.14. The molecule has 0 heterocycles. The van der Waals surface area contributed by atoms with Crippen molar-refractivity contribution in [2.45, 2.75) is 76.9 Å². The number of hydrogen-bond acceptors (Lipinski definition) is 4. The molecule has 0 saturated heterocycles. The molecule has 3 rings (SSSR count). The lowest BCUT2D eigenvalue weighted by atomic mass is 9.95. The van der Waals surface area contributed by atoms with Crippen molar-refractivity contribution >= 4 is 39.1 Å². The van der Waals surface area contributed by atoms with Crippen molar-refractivity contribution in [2.75, 3.05) is 17.1 Å². The first-order valence-corrected chi connectivity index (χ1v) is 15.3. The van der Waals surface area contributed by atoms with E-state index in [4.69, 9.17) is 11.6 Å². The fourth-order valence-electron chi connectivity index (χ4n) is 4.88. The molecule has 1 aliphatic rings. The van der Waals surface area contributed by atoms with Crippen molar-refractivity contribution in [3.05, 3.63) is 65.2 Å². The molecule has 2 aromatic carbocycles. The quantitative estimate of drug-likeness (QED) is 0.398. The van der Waals surface area contributed by atoms with Gasteiger partial charge in [-0.25, -0.2) is 8.42 Å². The van der Waals surface area contributed by atoms with Crippen molar-refractivity contribution in [3.63, 3.8) is 0 Å². The minimum Gasteiger partial charge on any atom is -0.352 e. The molecule has 0 spiro atoms. The van der Waals surface area contributed by atoms with Crippen LogP contribution < -0.4 is 9.62 Å². The second-order valence-electron chi connectivity index (χ2n) is 9.69. The van der Waals surface area contributed by atoms with E-state index in [0.717, 1.165) is 37.5 Å². The molecule has 9 heteroatoms. The first-order valence-electron chi connectivity index (χ1n) is 13.1. The maximum Gasteiger partial charge on any atom is 0.243 e. The largest absolute Gasteiger partial charge is 0.352 e. The SMILES string of the molecule is CC[C@H](C(=O)NC1CCCCC1)N(Cc1ccccc1)C(=O)CCCN(c1cccc(Cl)c1)S(C)(=O)=O. The number of hydrogen-bond donors (Lipinski definition) is 1. The van der Waals surface area contributed by atoms with Gasteiger partial charge in [-0.2, -0.15) is 0 Å². The van der Waals surface area contributed by atoms with Crippen LogP contribution >= 0.6 is 11.6 Å². The van der Waals surface area contributed by atoms with E-state index in [1.165, 1.54) is 10.7 Å². The van der Waals surface area contributed by atoms with Crippen LogP contribution in [0.25, 0.3) is 0 Å². The highest BCUT2D eigenvalue weighted by molar-refractivity contribution is 7.92. The van der Waals surface area contributed by atoms with Crippen molar-refractivity contribution in [1.29, 1.82) is 0 Å². The Bertz CT molecular complexity index is 1140. The van der Waals surface area contributed by atoms with Gasteiger partial charge in [0.15, 0.2) is 0 Å². The molecular formula is C28H38ClN3O4S. The summed E-state index contributed by atoms with van der Waals surface area (Å²) in [5.41, 5.74) is 1.40. The van der Waals surface area contributed by atoms with E-state index in [1.54, 1.807) is 29.2 Å². The summed E-state index contributed by atoms with van der Waals surface area (Å²) < 4.78 is 26.2. The van der Waals surface area contributed by atoms with Crippen LogP contribution in [0, 0.1) is 0 Å². The van der Waals surface area contributed by atoms with Crippen LogP contribution in [0.1, 0.15) is 63.9 Å². The molecule has 0 aliphatic heterocycles. The van der Waals surface area contributed by atoms with E-state index in [-0.39, 0.29) is 30.8 Å². The van der Waals surface area contributed by atoms with Crippen LogP contribution in [-0.2, 0) is 26.2 Å². The number of anilines is 1. The third-order valence-electron chi connectivity index (χ3n) is 6.78. The molecule has 0 unspecified atom stereocenters. The third-order valence-corrected chi connectivity index (χ3v) is 8.21. The first kappa shape index (κ1) is 29.0. The fourth-order valence-corrected chi connectivity index (χ4v) is 6.02. The summed E-state index contributed by atoms with van der Waals surface area (Å²) in [6.07, 6.45) is 7.42. The third kappa shape index (κ3) is 8.75. The number of nitrogens with one attached hydrogen (secondary N) is 1. The van der Waals surface area contributed by atoms with Crippen LogP contribution in [-0.4, -0.2) is 50.0 Å². The van der Waals surface area contributed by atoms with Gasteiger partial charge >= 0.3 is 0 Å². The van der Waals surface area contributed by atoms with Gasteiger partial charge in [0.05, 0.1) is 11.9 Å². The molecule has 2 aromatic rings. The summed E-state index contributed by atoms with van der Waals surface area (Å²) in [5, 5.41) is 3.62. The summed E-state index contributed by atoms with van der Waals surface area (Å²) in [5.74, 6) is -0.288. The zero-order valence-corrected chi connectivity index (χ0v) is 23.3. The molecule has 0 aromatic heterocycles. The second kappa shape index (κ2) is 13.8. The van der Waals surface area contributed by atoms with E-state index in [9.17, 15) is 18.0 Å². The molecule has 37 heavy (non-hydrogen) atoms. The number of benzene rings is 2. The van der Waals surface area contributed by atoms with Gasteiger partial charge in [0.25, 0.3) is 0 Å². The Morgan fingerprint density at radius 3 is 2.38 bits per heavy atom. The molecular weight excluding hydrogens is 510 g/mol. The highest BCUT2D eigenvalue weighted by Crippen LogP contribution is 2.23. The lowest BCUT2D eigenvalue weighted by Crippen LogP contribution is -2.51. The van der Waals surface area contributed by atoms with Crippen molar-refractivity contribution in [2.24, 2.45) is 0 Å². The van der Waals surface area contributed by atoms with Crippen LogP contribution in [0.3, 0.4) is 0 Å². The number of carbonyl (C=O) groups is 2. The van der Waals surface area contributed by atoms with Gasteiger partial charge in [0.1, 0.15) is 6.04 Å². The van der Waals surface area contributed by atoms with Crippen LogP contribution in [0.15, 0.2) is 54.6 Å². The molecule has 2 amide bonds. The molecule has 0 radical (unpaired) electrons. The highest BCUT2D eigenvalue weighted by atomic mass is 35.5. The normalized spacial score (nSPS) is 15.1. The zero-order valence-electron chi connectivity index (χ0n) is 21.7. The van der Waals surface area contributed by atoms with E-state index in [0.29, 0.717) is 30.1 Å². The Morgan fingerprint density at radius 2 is 1.76 bits per heavy atom. The Labute approximate surface area is 226 Å². The molecule has 7 nitrogen and oxygen atoms in total. The average Bonchev–Trinajstić information content (AvgIpc) is 2.87. The van der Waals surface area contributed by atoms with Crippen LogP contribution in [0.4, 0.5) is 5.69 Å². The van der Waals surface area contributed by atoms with Gasteiger partial charge in [0, 0.05) is 30.6 Å². The lowest BCUT2D eigenvalue weighted by Gasteiger charge is -2.33. The number of rotatable bonds is 12. The Balaban J connectivity index is 1.73. The Morgan fingerprint density at radius 1 is 1.05 bits per heavy atom. The number of nitrogens with zero attached hydrogens (tertiary/aromatic N) is 2. The van der Waals surface area contributed by atoms with E-state index >= 15 is 0 Å². The summed E-state index contributed by atoms with van der Waals surface area (Å²) in [4.78, 5) is 28.5. The predicted molar refractivity (Wildman–Crippen MR) is 149 cm³/mol. The molecule has 1 aliphatic carbocycles. The van der Waals surface area contributed by atoms with Crippen LogP contribution in [0.2, 0.25) is 5.02 Å². The number of halogens is 1. The molecule has 1 fully saturated rings. The monoisotopic (exact) mass is 547 g/mol. The van der Waals surface area contributed by atoms with Gasteiger partial charge in [0.2, 0.25) is 21.8 Å². The highest BCUT2D eigenvalue weighted by Gasteiger charge is 2.30. The summed E-state index contributed by atoms with van der Waals surface area (Å²) >= 11 is 6.07. The molecule has 0 bridgehead atoms. The fraction of sp³-hybridized carbons (Fsp3) is 0.500. The maximum atomic E-state index is 13.5. The van der Waals surface area contributed by atoms with Gasteiger partial charge < -0.3 is 10.2 Å². The van der Waals surface area contributed by atoms with E-state index in [1.807, 2.05) is 37.3 Å². The Hall–Kier alpha value is -2.58. The topological polar surface area (TPSA) is 86.8 Å². The Kier molecular flexibility index (Phi) is 10.8. The standard InChI is InChI=1S/C28H38ClN3O4S/c1-3-26(28(34)30-24-15-8-5-9-16-24)31(21-22-12-6-4-7-13-22)27(33)18-11-19-32(37(2,35)36)25-17-10-14-23(29)20-25/h4,6-7,10,12-14,17,20,24,26H,3,5,8-9,11,15-16,18-19,21H2,1-2H3,(H,30,34)/t26-/m1/s1. The number of carbonyl (C=O) groups excluding carboxylic acids is 2. The summed E-state index contributed by atoms with van der Waals surface area (Å²) in [6, 6.07) is 15.8. The summed E-state index contributed by atoms with van der Waals surface area (Å²) in [6.45, 7) is 2.37. The van der Waals surface area contributed by atoms with Gasteiger partial charge in [-0.3, -0.25) is 13.9 Å². The smallest absolute Gasteiger partial charge is 0.243 e. The second-order valence-corrected chi connectivity index (χ2v) is 12.0. The van der Waals surface area contributed by atoms with Crippen LogP contribution in [0.5, 0.6) is 0 Å². The van der Waals surface area contributed by atoms with E-state index in [2.05, 4.69) is 5.32 Å². The average molecular weight is 548 g/mol. The van der Waals surface area contributed by atoms with E-state index < -0.39 is 16.1 Å². The minimum atomic E-state index is -3.57. The zero-order chi connectivity index (χ0) is 26.8. The maximum absolute atomic E-state index is 13.5. The molecule has 1 atom stereocenters. The van der Waals surface area contributed by atoms with Crippen molar-refractivity contribution in [1.82, 2.24) is 10.2 Å². The van der Waals surface area contributed by atoms with Crippen molar-refractivity contribution in [3.8, 4) is 0 Å². The summed E-state index contributed by atoms with van der Waals surface area (Å²) in [7, 11) is -3.57. The van der Waals surface area contributed by atoms with Gasteiger partial charge in [-0.15, -0.1) is 0 Å². The molecule has 1 N–H and O–H groups in total. The molecule has 1 saturated carbocycles. The van der Waals surface area contributed by atoms with Gasteiger partial charge in [-0.1, -0.05) is 74.2 Å².